The molecule has 1 amide bonds. The molecule has 5 rings (SSSR count). The summed E-state index contributed by atoms with van der Waals surface area (Å²) in [4.78, 5) is 23.8. The van der Waals surface area contributed by atoms with Gasteiger partial charge in [-0.3, -0.25) is 4.79 Å². The van der Waals surface area contributed by atoms with Crippen LogP contribution in [0.3, 0.4) is 0 Å². The molecule has 1 saturated carbocycles. The minimum atomic E-state index is -0.0687. The Hall–Kier alpha value is -2.70. The summed E-state index contributed by atoms with van der Waals surface area (Å²) in [7, 11) is 0. The van der Waals surface area contributed by atoms with E-state index >= 15 is 0 Å². The highest BCUT2D eigenvalue weighted by atomic mass is 16.5. The van der Waals surface area contributed by atoms with Crippen molar-refractivity contribution in [3.8, 4) is 0 Å². The number of rotatable bonds is 4. The molecular formula is C18H19N5O2. The maximum absolute atomic E-state index is 12.8. The molecule has 3 aromatic heterocycles. The minimum absolute atomic E-state index is 0.0687. The van der Waals surface area contributed by atoms with Gasteiger partial charge in [0, 0.05) is 24.9 Å². The largest absolute Gasteiger partial charge is 0.339 e. The number of likely N-dealkylation sites (tertiary alicyclic amines) is 1. The molecule has 3 aromatic rings. The minimum Gasteiger partial charge on any atom is -0.339 e. The van der Waals surface area contributed by atoms with Crippen LogP contribution in [0.2, 0.25) is 0 Å². The van der Waals surface area contributed by atoms with Gasteiger partial charge in [0.2, 0.25) is 11.8 Å². The summed E-state index contributed by atoms with van der Waals surface area (Å²) < 4.78 is 7.31. The van der Waals surface area contributed by atoms with Crippen molar-refractivity contribution in [2.75, 3.05) is 6.54 Å². The van der Waals surface area contributed by atoms with Gasteiger partial charge in [-0.2, -0.15) is 4.98 Å². The molecule has 1 aliphatic carbocycles. The van der Waals surface area contributed by atoms with Crippen LogP contribution in [0.1, 0.15) is 55.1 Å². The van der Waals surface area contributed by atoms with E-state index in [-0.39, 0.29) is 11.9 Å². The summed E-state index contributed by atoms with van der Waals surface area (Å²) in [6, 6.07) is 5.76. The molecular weight excluding hydrogens is 318 g/mol. The highest BCUT2D eigenvalue weighted by molar-refractivity contribution is 5.79. The Morgan fingerprint density at radius 2 is 2.16 bits per heavy atom. The number of pyridine rings is 1. The van der Waals surface area contributed by atoms with Crippen molar-refractivity contribution in [2.24, 2.45) is 0 Å². The van der Waals surface area contributed by atoms with E-state index in [1.165, 1.54) is 0 Å². The van der Waals surface area contributed by atoms with Crippen LogP contribution in [0, 0.1) is 0 Å². The molecule has 128 valence electrons. The Balaban J connectivity index is 1.34. The standard InChI is InChI=1S/C18H19N5O2/c24-16(10-13-11-22-8-2-1-5-15(22)19-13)23-9-3-4-14(23)17-20-18(25-21-17)12-6-7-12/h1-2,5,8,11-12,14H,3-4,6-7,9-10H2/t14-/m0/s1. The summed E-state index contributed by atoms with van der Waals surface area (Å²) in [5, 5.41) is 4.13. The summed E-state index contributed by atoms with van der Waals surface area (Å²) in [5.41, 5.74) is 1.64. The zero-order chi connectivity index (χ0) is 16.8. The lowest BCUT2D eigenvalue weighted by Crippen LogP contribution is -2.32. The van der Waals surface area contributed by atoms with E-state index in [0.29, 0.717) is 18.2 Å². The first-order valence-corrected chi connectivity index (χ1v) is 8.83. The number of carbonyl (C=O) groups is 1. The fourth-order valence-corrected chi connectivity index (χ4v) is 3.54. The number of carbonyl (C=O) groups excluding carboxylic acids is 1. The fraction of sp³-hybridized carbons (Fsp3) is 0.444. The van der Waals surface area contributed by atoms with E-state index in [2.05, 4.69) is 15.1 Å². The van der Waals surface area contributed by atoms with Crippen LogP contribution in [0.4, 0.5) is 0 Å². The van der Waals surface area contributed by atoms with Crippen molar-refractivity contribution in [3.63, 3.8) is 0 Å². The quantitative estimate of drug-likeness (QED) is 0.731. The Morgan fingerprint density at radius 1 is 1.24 bits per heavy atom. The molecule has 0 spiro atoms. The molecule has 0 aromatic carbocycles. The monoisotopic (exact) mass is 337 g/mol. The molecule has 1 atom stereocenters. The van der Waals surface area contributed by atoms with Gasteiger partial charge in [0.25, 0.3) is 0 Å². The summed E-state index contributed by atoms with van der Waals surface area (Å²) in [6.07, 6.45) is 8.26. The van der Waals surface area contributed by atoms with Gasteiger partial charge in [0.15, 0.2) is 5.82 Å². The molecule has 7 heteroatoms. The number of amides is 1. The molecule has 1 saturated heterocycles. The molecule has 4 heterocycles. The average molecular weight is 337 g/mol. The number of hydrogen-bond donors (Lipinski definition) is 0. The summed E-state index contributed by atoms with van der Waals surface area (Å²) in [5.74, 6) is 1.89. The van der Waals surface area contributed by atoms with Gasteiger partial charge in [-0.25, -0.2) is 4.98 Å². The van der Waals surface area contributed by atoms with Crippen molar-refractivity contribution in [2.45, 2.75) is 44.1 Å². The first-order valence-electron chi connectivity index (χ1n) is 8.83. The molecule has 0 bridgehead atoms. The molecule has 2 aliphatic rings. The molecule has 1 aliphatic heterocycles. The number of fused-ring (bicyclic) bond motifs is 1. The second-order valence-corrected chi connectivity index (χ2v) is 6.89. The molecule has 7 nitrogen and oxygen atoms in total. The number of aromatic nitrogens is 4. The third-order valence-electron chi connectivity index (χ3n) is 5.00. The maximum Gasteiger partial charge on any atom is 0.229 e. The summed E-state index contributed by atoms with van der Waals surface area (Å²) in [6.45, 7) is 0.740. The lowest BCUT2D eigenvalue weighted by molar-refractivity contribution is -0.131. The van der Waals surface area contributed by atoms with E-state index < -0.39 is 0 Å². The third kappa shape index (κ3) is 2.69. The van der Waals surface area contributed by atoms with Crippen LogP contribution in [-0.2, 0) is 11.2 Å². The third-order valence-corrected chi connectivity index (χ3v) is 5.00. The second kappa shape index (κ2) is 5.68. The Labute approximate surface area is 144 Å². The van der Waals surface area contributed by atoms with Crippen LogP contribution in [0.25, 0.3) is 5.65 Å². The first-order chi connectivity index (χ1) is 12.3. The van der Waals surface area contributed by atoms with E-state index in [1.54, 1.807) is 0 Å². The Morgan fingerprint density at radius 3 is 3.00 bits per heavy atom. The number of nitrogens with zero attached hydrogens (tertiary/aromatic N) is 5. The van der Waals surface area contributed by atoms with Crippen LogP contribution >= 0.6 is 0 Å². The number of hydrogen-bond acceptors (Lipinski definition) is 5. The van der Waals surface area contributed by atoms with Crippen molar-refractivity contribution in [1.29, 1.82) is 0 Å². The van der Waals surface area contributed by atoms with Gasteiger partial charge in [-0.15, -0.1) is 0 Å². The van der Waals surface area contributed by atoms with Gasteiger partial charge in [0.1, 0.15) is 5.65 Å². The summed E-state index contributed by atoms with van der Waals surface area (Å²) >= 11 is 0. The second-order valence-electron chi connectivity index (χ2n) is 6.89. The SMILES string of the molecule is O=C(Cc1cn2ccccc2n1)N1CCC[C@H]1c1noc(C2CC2)n1. The van der Waals surface area contributed by atoms with E-state index in [0.717, 1.165) is 49.5 Å². The van der Waals surface area contributed by atoms with Crippen LogP contribution in [0.5, 0.6) is 0 Å². The number of imidazole rings is 1. The first kappa shape index (κ1) is 14.6. The van der Waals surface area contributed by atoms with Gasteiger partial charge in [-0.05, 0) is 37.8 Å². The molecule has 0 N–H and O–H groups in total. The lowest BCUT2D eigenvalue weighted by Gasteiger charge is -2.21. The molecule has 2 fully saturated rings. The smallest absolute Gasteiger partial charge is 0.229 e. The molecule has 0 radical (unpaired) electrons. The van der Waals surface area contributed by atoms with Crippen molar-refractivity contribution >= 4 is 11.6 Å². The van der Waals surface area contributed by atoms with Crippen molar-refractivity contribution in [3.05, 3.63) is 48.0 Å². The van der Waals surface area contributed by atoms with E-state index in [4.69, 9.17) is 4.52 Å². The van der Waals surface area contributed by atoms with Crippen LogP contribution in [-0.4, -0.2) is 36.9 Å². The lowest BCUT2D eigenvalue weighted by atomic mass is 10.2. The highest BCUT2D eigenvalue weighted by Crippen LogP contribution is 2.40. The van der Waals surface area contributed by atoms with E-state index in [1.807, 2.05) is 39.9 Å². The van der Waals surface area contributed by atoms with Crippen LogP contribution < -0.4 is 0 Å². The van der Waals surface area contributed by atoms with Crippen molar-refractivity contribution in [1.82, 2.24) is 24.4 Å². The van der Waals surface area contributed by atoms with Gasteiger partial charge >= 0.3 is 0 Å². The molecule has 25 heavy (non-hydrogen) atoms. The Bertz CT molecular complexity index is 893. The maximum atomic E-state index is 12.8. The molecule has 0 unspecified atom stereocenters. The average Bonchev–Trinajstić information content (AvgIpc) is 3.04. The van der Waals surface area contributed by atoms with Gasteiger partial charge < -0.3 is 13.8 Å². The predicted octanol–water partition coefficient (Wildman–Crippen LogP) is 2.50. The topological polar surface area (TPSA) is 76.5 Å². The highest BCUT2D eigenvalue weighted by Gasteiger charge is 2.36. The zero-order valence-electron chi connectivity index (χ0n) is 13.8. The predicted molar refractivity (Wildman–Crippen MR) is 88.9 cm³/mol. The van der Waals surface area contributed by atoms with Crippen molar-refractivity contribution < 1.29 is 9.32 Å². The zero-order valence-corrected chi connectivity index (χ0v) is 13.8. The van der Waals surface area contributed by atoms with E-state index in [9.17, 15) is 4.79 Å². The fourth-order valence-electron chi connectivity index (χ4n) is 3.54. The Kier molecular flexibility index (Phi) is 3.33. The van der Waals surface area contributed by atoms with Crippen LogP contribution in [0.15, 0.2) is 35.1 Å². The normalized spacial score (nSPS) is 20.5. The van der Waals surface area contributed by atoms with Gasteiger partial charge in [-0.1, -0.05) is 11.2 Å². The van der Waals surface area contributed by atoms with Gasteiger partial charge in [0.05, 0.1) is 18.2 Å².